The maximum absolute atomic E-state index is 12.1. The van der Waals surface area contributed by atoms with Crippen LogP contribution in [0.2, 0.25) is 0 Å². The molecule has 0 saturated carbocycles. The van der Waals surface area contributed by atoms with E-state index >= 15 is 0 Å². The molecule has 0 radical (unpaired) electrons. The number of hydrogen-bond acceptors (Lipinski definition) is 6. The SMILES string of the molecule is CCOC(=O)C1CCCN(C(=O)COc2cc(C)on2)C1. The van der Waals surface area contributed by atoms with Crippen molar-refractivity contribution in [2.45, 2.75) is 26.7 Å². The lowest BCUT2D eigenvalue weighted by Gasteiger charge is -2.31. The average Bonchev–Trinajstić information content (AvgIpc) is 2.91. The number of nitrogens with zero attached hydrogens (tertiary/aromatic N) is 2. The van der Waals surface area contributed by atoms with Gasteiger partial charge in [0.1, 0.15) is 5.76 Å². The van der Waals surface area contributed by atoms with Gasteiger partial charge in [-0.1, -0.05) is 0 Å². The number of carbonyl (C=O) groups is 2. The summed E-state index contributed by atoms with van der Waals surface area (Å²) >= 11 is 0. The highest BCUT2D eigenvalue weighted by Gasteiger charge is 2.29. The molecule has 1 unspecified atom stereocenters. The Morgan fingerprint density at radius 2 is 2.33 bits per heavy atom. The molecule has 7 heteroatoms. The monoisotopic (exact) mass is 296 g/mol. The zero-order valence-electron chi connectivity index (χ0n) is 12.3. The number of likely N-dealkylation sites (tertiary alicyclic amines) is 1. The minimum atomic E-state index is -0.239. The Hall–Kier alpha value is -2.05. The van der Waals surface area contributed by atoms with Crippen LogP contribution in [0.1, 0.15) is 25.5 Å². The maximum atomic E-state index is 12.1. The lowest BCUT2D eigenvalue weighted by molar-refractivity contribution is -0.151. The summed E-state index contributed by atoms with van der Waals surface area (Å²) in [5.74, 6) is 0.280. The van der Waals surface area contributed by atoms with Crippen molar-refractivity contribution in [3.05, 3.63) is 11.8 Å². The lowest BCUT2D eigenvalue weighted by atomic mass is 9.98. The van der Waals surface area contributed by atoms with E-state index in [1.165, 1.54) is 0 Å². The van der Waals surface area contributed by atoms with Gasteiger partial charge in [-0.25, -0.2) is 0 Å². The Morgan fingerprint density at radius 3 is 3.00 bits per heavy atom. The number of esters is 1. The van der Waals surface area contributed by atoms with Gasteiger partial charge in [0.25, 0.3) is 11.8 Å². The zero-order valence-corrected chi connectivity index (χ0v) is 12.3. The van der Waals surface area contributed by atoms with Crippen molar-refractivity contribution >= 4 is 11.9 Å². The molecule has 2 rings (SSSR count). The predicted molar refractivity (Wildman–Crippen MR) is 72.7 cm³/mol. The topological polar surface area (TPSA) is 81.9 Å². The molecule has 1 atom stereocenters. The molecule has 1 saturated heterocycles. The summed E-state index contributed by atoms with van der Waals surface area (Å²) in [7, 11) is 0. The number of hydrogen-bond donors (Lipinski definition) is 0. The van der Waals surface area contributed by atoms with Gasteiger partial charge >= 0.3 is 5.97 Å². The summed E-state index contributed by atoms with van der Waals surface area (Å²) in [5.41, 5.74) is 0. The highest BCUT2D eigenvalue weighted by Crippen LogP contribution is 2.18. The van der Waals surface area contributed by atoms with Crippen LogP contribution in [0.4, 0.5) is 0 Å². The number of ether oxygens (including phenoxy) is 2. The van der Waals surface area contributed by atoms with Gasteiger partial charge in [-0.2, -0.15) is 0 Å². The van der Waals surface area contributed by atoms with Gasteiger partial charge in [-0.3, -0.25) is 9.59 Å². The normalized spacial score (nSPS) is 18.4. The van der Waals surface area contributed by atoms with Crippen LogP contribution >= 0.6 is 0 Å². The first-order chi connectivity index (χ1) is 10.1. The van der Waals surface area contributed by atoms with Crippen molar-refractivity contribution in [1.82, 2.24) is 10.1 Å². The Balaban J connectivity index is 1.82. The Labute approximate surface area is 123 Å². The Kier molecular flexibility index (Phi) is 5.19. The number of aryl methyl sites for hydroxylation is 1. The van der Waals surface area contributed by atoms with Crippen molar-refractivity contribution in [1.29, 1.82) is 0 Å². The minimum absolute atomic E-state index is 0.110. The molecule has 116 valence electrons. The third-order valence-electron chi connectivity index (χ3n) is 3.34. The summed E-state index contributed by atoms with van der Waals surface area (Å²) in [5, 5.41) is 3.66. The van der Waals surface area contributed by atoms with E-state index in [1.54, 1.807) is 24.8 Å². The zero-order chi connectivity index (χ0) is 15.2. The molecule has 0 N–H and O–H groups in total. The van der Waals surface area contributed by atoms with E-state index in [2.05, 4.69) is 5.16 Å². The molecule has 7 nitrogen and oxygen atoms in total. The first kappa shape index (κ1) is 15.3. The molecule has 1 amide bonds. The molecule has 1 aliphatic rings. The number of aromatic nitrogens is 1. The van der Waals surface area contributed by atoms with Gasteiger partial charge in [-0.15, -0.1) is 0 Å². The van der Waals surface area contributed by atoms with Gasteiger partial charge in [0.05, 0.1) is 12.5 Å². The van der Waals surface area contributed by atoms with E-state index in [0.717, 1.165) is 12.8 Å². The van der Waals surface area contributed by atoms with Crippen molar-refractivity contribution < 1.29 is 23.6 Å². The highest BCUT2D eigenvalue weighted by atomic mass is 16.5. The van der Waals surface area contributed by atoms with Crippen molar-refractivity contribution in [3.8, 4) is 5.88 Å². The summed E-state index contributed by atoms with van der Waals surface area (Å²) in [6.45, 7) is 4.79. The average molecular weight is 296 g/mol. The molecule has 0 aliphatic carbocycles. The second-order valence-corrected chi connectivity index (χ2v) is 5.00. The third-order valence-corrected chi connectivity index (χ3v) is 3.34. The van der Waals surface area contributed by atoms with Crippen LogP contribution < -0.4 is 4.74 Å². The van der Waals surface area contributed by atoms with Crippen molar-refractivity contribution in [2.75, 3.05) is 26.3 Å². The van der Waals surface area contributed by atoms with Crippen LogP contribution in [-0.2, 0) is 14.3 Å². The van der Waals surface area contributed by atoms with Gasteiger partial charge in [0.2, 0.25) is 0 Å². The van der Waals surface area contributed by atoms with Crippen LogP contribution in [0, 0.1) is 12.8 Å². The molecular weight excluding hydrogens is 276 g/mol. The van der Waals surface area contributed by atoms with E-state index in [1.807, 2.05) is 0 Å². The molecule has 1 aromatic heterocycles. The molecule has 0 aromatic carbocycles. The molecule has 1 fully saturated rings. The fourth-order valence-corrected chi connectivity index (χ4v) is 2.29. The van der Waals surface area contributed by atoms with Gasteiger partial charge in [-0.05, 0) is 31.8 Å². The summed E-state index contributed by atoms with van der Waals surface area (Å²) in [6.07, 6.45) is 1.55. The molecule has 0 spiro atoms. The molecule has 21 heavy (non-hydrogen) atoms. The van der Waals surface area contributed by atoms with Gasteiger partial charge < -0.3 is 18.9 Å². The second-order valence-electron chi connectivity index (χ2n) is 5.00. The number of rotatable bonds is 5. The van der Waals surface area contributed by atoms with E-state index in [4.69, 9.17) is 14.0 Å². The standard InChI is InChI=1S/C14H20N2O5/c1-3-19-14(18)11-5-4-6-16(8-11)13(17)9-20-12-7-10(2)21-15-12/h7,11H,3-6,8-9H2,1-2H3. The maximum Gasteiger partial charge on any atom is 0.310 e. The van der Waals surface area contributed by atoms with E-state index < -0.39 is 0 Å². The summed E-state index contributed by atoms with van der Waals surface area (Å²) < 4.78 is 15.1. The van der Waals surface area contributed by atoms with E-state index in [0.29, 0.717) is 31.3 Å². The number of carbonyl (C=O) groups excluding carboxylic acids is 2. The number of piperidine rings is 1. The second kappa shape index (κ2) is 7.10. The molecule has 2 heterocycles. The quantitative estimate of drug-likeness (QED) is 0.758. The van der Waals surface area contributed by atoms with E-state index in [-0.39, 0.29) is 24.4 Å². The fourth-order valence-electron chi connectivity index (χ4n) is 2.29. The lowest BCUT2D eigenvalue weighted by Crippen LogP contribution is -2.44. The molecule has 1 aromatic rings. The first-order valence-corrected chi connectivity index (χ1v) is 7.10. The Morgan fingerprint density at radius 1 is 1.52 bits per heavy atom. The van der Waals surface area contributed by atoms with Gasteiger partial charge in [0, 0.05) is 19.2 Å². The third kappa shape index (κ3) is 4.21. The van der Waals surface area contributed by atoms with Crippen molar-refractivity contribution in [3.63, 3.8) is 0 Å². The number of amides is 1. The summed E-state index contributed by atoms with van der Waals surface area (Å²) in [4.78, 5) is 25.5. The molecule has 0 bridgehead atoms. The molecule has 1 aliphatic heterocycles. The summed E-state index contributed by atoms with van der Waals surface area (Å²) in [6, 6.07) is 1.62. The molecular formula is C14H20N2O5. The van der Waals surface area contributed by atoms with E-state index in [9.17, 15) is 9.59 Å². The van der Waals surface area contributed by atoms with Crippen LogP contribution in [-0.4, -0.2) is 48.2 Å². The smallest absolute Gasteiger partial charge is 0.310 e. The van der Waals surface area contributed by atoms with Crippen LogP contribution in [0.25, 0.3) is 0 Å². The fraction of sp³-hybridized carbons (Fsp3) is 0.643. The van der Waals surface area contributed by atoms with Gasteiger partial charge in [0.15, 0.2) is 6.61 Å². The largest absolute Gasteiger partial charge is 0.466 e. The van der Waals surface area contributed by atoms with Crippen LogP contribution in [0.3, 0.4) is 0 Å². The predicted octanol–water partition coefficient (Wildman–Crippen LogP) is 1.16. The first-order valence-electron chi connectivity index (χ1n) is 7.10. The van der Waals surface area contributed by atoms with Crippen molar-refractivity contribution in [2.24, 2.45) is 5.92 Å². The highest BCUT2D eigenvalue weighted by molar-refractivity contribution is 5.79. The Bertz CT molecular complexity index is 499. The van der Waals surface area contributed by atoms with Crippen LogP contribution in [0.5, 0.6) is 5.88 Å². The minimum Gasteiger partial charge on any atom is -0.466 e. The van der Waals surface area contributed by atoms with Crippen LogP contribution in [0.15, 0.2) is 10.6 Å².